The fraction of sp³-hybridized carbons (Fsp3) is 0.826. The Bertz CT molecular complexity index is 325. The number of allylic oxidation sites excluding steroid dienone is 1. The van der Waals surface area contributed by atoms with Crippen molar-refractivity contribution >= 4 is 5.97 Å². The Kier molecular flexibility index (Phi) is 19.8. The Labute approximate surface area is 162 Å². The van der Waals surface area contributed by atoms with Crippen LogP contribution in [0.3, 0.4) is 0 Å². The van der Waals surface area contributed by atoms with Gasteiger partial charge in [0.1, 0.15) is 6.10 Å². The Morgan fingerprint density at radius 3 is 1.96 bits per heavy atom. The summed E-state index contributed by atoms with van der Waals surface area (Å²) in [7, 11) is 0. The smallest absolute Gasteiger partial charge is 0.303 e. The molecule has 0 spiro atoms. The summed E-state index contributed by atoms with van der Waals surface area (Å²) in [5.41, 5.74) is 0. The van der Waals surface area contributed by atoms with Gasteiger partial charge in [-0.15, -0.1) is 0 Å². The van der Waals surface area contributed by atoms with E-state index in [1.165, 1.54) is 84.0 Å². The molecule has 0 aromatic rings. The highest BCUT2D eigenvalue weighted by Gasteiger charge is 2.07. The molecule has 26 heavy (non-hydrogen) atoms. The third-order valence-corrected chi connectivity index (χ3v) is 4.46. The molecular weight excluding hydrogens is 324 g/mol. The highest BCUT2D eigenvalue weighted by atomic mass is 16.6. The molecule has 0 aliphatic carbocycles. The van der Waals surface area contributed by atoms with Gasteiger partial charge >= 0.3 is 5.97 Å². The van der Waals surface area contributed by atoms with Crippen LogP contribution in [-0.4, -0.2) is 25.3 Å². The quantitative estimate of drug-likeness (QED) is 0.143. The van der Waals surface area contributed by atoms with Crippen LogP contribution in [0.25, 0.3) is 0 Å². The molecule has 3 heteroatoms. The van der Waals surface area contributed by atoms with Gasteiger partial charge in [0.2, 0.25) is 0 Å². The van der Waals surface area contributed by atoms with E-state index < -0.39 is 0 Å². The molecule has 0 heterocycles. The summed E-state index contributed by atoms with van der Waals surface area (Å²) in [6.45, 7) is 8.47. The standard InChI is InChI=1S/C23H43O3/c1-4-6-7-8-9-10-11-12-13-14-15-16-17-18-19-23(26-22(3)24)21-25-20-5-2/h18-19,23H,2,4-17,20-21H2,1,3H3. The van der Waals surface area contributed by atoms with Gasteiger partial charge in [-0.05, 0) is 25.3 Å². The minimum Gasteiger partial charge on any atom is -0.456 e. The van der Waals surface area contributed by atoms with Crippen LogP contribution in [0.1, 0.15) is 104 Å². The molecule has 0 N–H and O–H groups in total. The molecule has 0 bridgehead atoms. The maximum Gasteiger partial charge on any atom is 0.303 e. The summed E-state index contributed by atoms with van der Waals surface area (Å²) >= 11 is 0. The number of hydrogen-bond donors (Lipinski definition) is 0. The van der Waals surface area contributed by atoms with Crippen molar-refractivity contribution in [2.45, 2.75) is 110 Å². The third-order valence-electron chi connectivity index (χ3n) is 4.46. The molecule has 3 nitrogen and oxygen atoms in total. The van der Waals surface area contributed by atoms with E-state index in [0.717, 1.165) is 12.8 Å². The van der Waals surface area contributed by atoms with Crippen molar-refractivity contribution in [2.75, 3.05) is 13.2 Å². The monoisotopic (exact) mass is 367 g/mol. The molecule has 1 atom stereocenters. The van der Waals surface area contributed by atoms with E-state index >= 15 is 0 Å². The summed E-state index contributed by atoms with van der Waals surface area (Å²) in [6.07, 6.45) is 22.0. The maximum atomic E-state index is 11.1. The normalized spacial score (nSPS) is 12.6. The van der Waals surface area contributed by atoms with Crippen LogP contribution in [0.4, 0.5) is 0 Å². The summed E-state index contributed by atoms with van der Waals surface area (Å²) in [5.74, 6) is -0.261. The Morgan fingerprint density at radius 2 is 1.46 bits per heavy atom. The predicted octanol–water partition coefficient (Wildman–Crippen LogP) is 6.81. The molecule has 0 aromatic heterocycles. The molecule has 0 aliphatic rings. The lowest BCUT2D eigenvalue weighted by Crippen LogP contribution is -2.20. The first-order valence-corrected chi connectivity index (χ1v) is 10.9. The van der Waals surface area contributed by atoms with Crippen molar-refractivity contribution in [3.05, 3.63) is 19.1 Å². The van der Waals surface area contributed by atoms with Crippen molar-refractivity contribution < 1.29 is 14.3 Å². The molecule has 0 aromatic carbocycles. The van der Waals surface area contributed by atoms with Gasteiger partial charge in [0.15, 0.2) is 0 Å². The van der Waals surface area contributed by atoms with E-state index in [4.69, 9.17) is 9.47 Å². The summed E-state index contributed by atoms with van der Waals surface area (Å²) in [6, 6.07) is 0. The lowest BCUT2D eigenvalue weighted by molar-refractivity contribution is -0.146. The van der Waals surface area contributed by atoms with E-state index in [9.17, 15) is 4.79 Å². The van der Waals surface area contributed by atoms with Crippen molar-refractivity contribution in [1.82, 2.24) is 0 Å². The number of esters is 1. The van der Waals surface area contributed by atoms with Gasteiger partial charge in [0.05, 0.1) is 6.61 Å². The van der Waals surface area contributed by atoms with Crippen LogP contribution in [0.15, 0.2) is 12.2 Å². The number of carbonyl (C=O) groups is 1. The molecule has 0 aliphatic heterocycles. The summed E-state index contributed by atoms with van der Waals surface area (Å²) in [5, 5.41) is 0. The van der Waals surface area contributed by atoms with Crippen molar-refractivity contribution in [3.63, 3.8) is 0 Å². The zero-order chi connectivity index (χ0) is 19.3. The number of ether oxygens (including phenoxy) is 2. The van der Waals surface area contributed by atoms with Crippen LogP contribution in [0.2, 0.25) is 0 Å². The highest BCUT2D eigenvalue weighted by molar-refractivity contribution is 5.66. The Balaban J connectivity index is 3.49. The molecule has 153 valence electrons. The number of carbonyl (C=O) groups excluding carboxylic acids is 1. The molecule has 0 rings (SSSR count). The van der Waals surface area contributed by atoms with E-state index in [2.05, 4.69) is 19.9 Å². The molecule has 0 saturated heterocycles. The summed E-state index contributed by atoms with van der Waals surface area (Å²) in [4.78, 5) is 11.1. The zero-order valence-corrected chi connectivity index (χ0v) is 17.5. The van der Waals surface area contributed by atoms with Crippen LogP contribution in [0, 0.1) is 6.92 Å². The van der Waals surface area contributed by atoms with Gasteiger partial charge in [0.25, 0.3) is 0 Å². The SMILES string of the molecule is [CH2]CCOCC(C=CCCCCCCCCCCCCCC)OC(C)=O. The summed E-state index contributed by atoms with van der Waals surface area (Å²) < 4.78 is 10.7. The van der Waals surface area contributed by atoms with Crippen molar-refractivity contribution in [1.29, 1.82) is 0 Å². The number of unbranched alkanes of at least 4 members (excludes halogenated alkanes) is 12. The van der Waals surface area contributed by atoms with Crippen LogP contribution in [-0.2, 0) is 14.3 Å². The van der Waals surface area contributed by atoms with Crippen LogP contribution < -0.4 is 0 Å². The van der Waals surface area contributed by atoms with Crippen LogP contribution >= 0.6 is 0 Å². The minimum absolute atomic E-state index is 0.261. The van der Waals surface area contributed by atoms with Gasteiger partial charge in [-0.2, -0.15) is 0 Å². The molecular formula is C23H43O3. The van der Waals surface area contributed by atoms with Crippen molar-refractivity contribution in [3.8, 4) is 0 Å². The molecule has 1 radical (unpaired) electrons. The van der Waals surface area contributed by atoms with Gasteiger partial charge in [-0.1, -0.05) is 90.6 Å². The van der Waals surface area contributed by atoms with Gasteiger partial charge in [-0.25, -0.2) is 0 Å². The Morgan fingerprint density at radius 1 is 0.923 bits per heavy atom. The van der Waals surface area contributed by atoms with Gasteiger partial charge in [-0.3, -0.25) is 4.79 Å². The van der Waals surface area contributed by atoms with E-state index in [1.807, 2.05) is 6.08 Å². The van der Waals surface area contributed by atoms with E-state index in [0.29, 0.717) is 13.2 Å². The second-order valence-electron chi connectivity index (χ2n) is 7.18. The number of hydrogen-bond acceptors (Lipinski definition) is 3. The molecule has 1 unspecified atom stereocenters. The maximum absolute atomic E-state index is 11.1. The lowest BCUT2D eigenvalue weighted by Gasteiger charge is -2.13. The van der Waals surface area contributed by atoms with Crippen LogP contribution in [0.5, 0.6) is 0 Å². The first-order valence-electron chi connectivity index (χ1n) is 10.9. The molecule has 0 saturated carbocycles. The van der Waals surface area contributed by atoms with Gasteiger partial charge < -0.3 is 9.47 Å². The molecule has 0 amide bonds. The van der Waals surface area contributed by atoms with Gasteiger partial charge in [0, 0.05) is 13.5 Å². The average molecular weight is 368 g/mol. The topological polar surface area (TPSA) is 35.5 Å². The van der Waals surface area contributed by atoms with Crippen molar-refractivity contribution in [2.24, 2.45) is 0 Å². The Hall–Kier alpha value is -0.830. The second kappa shape index (κ2) is 20.5. The van der Waals surface area contributed by atoms with E-state index in [-0.39, 0.29) is 12.1 Å². The number of rotatable bonds is 19. The second-order valence-corrected chi connectivity index (χ2v) is 7.18. The highest BCUT2D eigenvalue weighted by Crippen LogP contribution is 2.12. The first kappa shape index (κ1) is 25.2. The zero-order valence-electron chi connectivity index (χ0n) is 17.5. The fourth-order valence-electron chi connectivity index (χ4n) is 2.99. The third kappa shape index (κ3) is 19.5. The predicted molar refractivity (Wildman–Crippen MR) is 111 cm³/mol. The largest absolute Gasteiger partial charge is 0.456 e. The fourth-order valence-corrected chi connectivity index (χ4v) is 2.99. The first-order chi connectivity index (χ1) is 12.7. The molecule has 0 fully saturated rings. The van der Waals surface area contributed by atoms with E-state index in [1.54, 1.807) is 0 Å². The minimum atomic E-state index is -0.267. The lowest BCUT2D eigenvalue weighted by atomic mass is 10.0. The average Bonchev–Trinajstić information content (AvgIpc) is 2.61.